The Labute approximate surface area is 220 Å². The van der Waals surface area contributed by atoms with E-state index in [9.17, 15) is 4.79 Å². The van der Waals surface area contributed by atoms with Gasteiger partial charge in [-0.15, -0.1) is 0 Å². The first-order valence-electron chi connectivity index (χ1n) is 10.9. The van der Waals surface area contributed by atoms with Gasteiger partial charge in [0.2, 0.25) is 0 Å². The fourth-order valence-corrected chi connectivity index (χ4v) is 5.16. The molecule has 0 radical (unpaired) electrons. The molecule has 0 heterocycles. The van der Waals surface area contributed by atoms with Crippen molar-refractivity contribution in [1.82, 2.24) is 0 Å². The molecule has 5 nitrogen and oxygen atoms in total. The molecule has 194 valence electrons. The third-order valence-corrected chi connectivity index (χ3v) is 9.13. The van der Waals surface area contributed by atoms with E-state index in [1.165, 1.54) is 0 Å². The summed E-state index contributed by atoms with van der Waals surface area (Å²) in [7, 11) is 6.90. The number of carbonyl (C=O) groups is 1. The topological polar surface area (TPSA) is 65.0 Å². The molecule has 3 unspecified atom stereocenters. The highest BCUT2D eigenvalue weighted by atomic mass is 79.9. The first-order valence-corrected chi connectivity index (χ1v) is 15.8. The number of aldehydes is 1. The molecule has 10 heteroatoms. The summed E-state index contributed by atoms with van der Waals surface area (Å²) >= 11 is 6.72. The Balaban J connectivity index is -0.000000397. The Morgan fingerprint density at radius 3 is 1.44 bits per heavy atom. The van der Waals surface area contributed by atoms with E-state index < -0.39 is 0 Å². The van der Waals surface area contributed by atoms with E-state index in [1.54, 1.807) is 21.3 Å². The molecule has 0 fully saturated rings. The van der Waals surface area contributed by atoms with Crippen molar-refractivity contribution < 1.29 is 23.5 Å². The van der Waals surface area contributed by atoms with Crippen LogP contribution in [0, 0.1) is 35.5 Å². The second kappa shape index (κ2) is 27.1. The van der Waals surface area contributed by atoms with Crippen molar-refractivity contribution in [3.63, 3.8) is 0 Å². The largest absolute Gasteiger partial charge is 0.396 e. The molecular formula is C22H47Br2O5P3. The van der Waals surface area contributed by atoms with Crippen molar-refractivity contribution in [3.05, 3.63) is 9.47 Å². The second-order valence-electron chi connectivity index (χ2n) is 8.06. The van der Waals surface area contributed by atoms with Gasteiger partial charge in [-0.1, -0.05) is 47.6 Å². The standard InChI is InChI=1S/C8H15Br2OP.C7H17O2P.C7H15O2P/c1-6(4-8(9)10)7(2)5-12-11-3;2*1-6(4-8)7(2)5-10-9-3/h4,6-7,12H,5H2,1-3H3;6-8,10H,4-5H2,1-3H3;4,6-7,10H,5H2,1-3H3/t3*6-,7+/m111/s1. The van der Waals surface area contributed by atoms with Gasteiger partial charge in [0.25, 0.3) is 0 Å². The van der Waals surface area contributed by atoms with Crippen LogP contribution < -0.4 is 0 Å². The van der Waals surface area contributed by atoms with Crippen LogP contribution in [0.3, 0.4) is 0 Å². The highest BCUT2D eigenvalue weighted by Gasteiger charge is 2.11. The first-order chi connectivity index (χ1) is 15.0. The van der Waals surface area contributed by atoms with Crippen molar-refractivity contribution in [1.29, 1.82) is 0 Å². The van der Waals surface area contributed by atoms with Crippen molar-refractivity contribution in [2.45, 2.75) is 41.5 Å². The smallest absolute Gasteiger partial charge is 0.123 e. The maximum absolute atomic E-state index is 10.3. The quantitative estimate of drug-likeness (QED) is 0.150. The van der Waals surface area contributed by atoms with E-state index in [2.05, 4.69) is 72.6 Å². The zero-order valence-electron chi connectivity index (χ0n) is 21.3. The molecule has 0 spiro atoms. The van der Waals surface area contributed by atoms with Crippen LogP contribution in [0.25, 0.3) is 0 Å². The van der Waals surface area contributed by atoms with Crippen molar-refractivity contribution in [2.24, 2.45) is 35.5 Å². The fourth-order valence-electron chi connectivity index (χ4n) is 1.89. The van der Waals surface area contributed by atoms with E-state index >= 15 is 0 Å². The molecule has 0 amide bonds. The lowest BCUT2D eigenvalue weighted by Gasteiger charge is -2.16. The zero-order valence-corrected chi connectivity index (χ0v) is 27.5. The molecule has 0 aliphatic rings. The molecular weight excluding hydrogens is 597 g/mol. The Morgan fingerprint density at radius 1 is 0.750 bits per heavy atom. The van der Waals surface area contributed by atoms with Gasteiger partial charge in [0.15, 0.2) is 0 Å². The number of hydrogen-bond donors (Lipinski definition) is 1. The lowest BCUT2D eigenvalue weighted by Crippen LogP contribution is -2.13. The van der Waals surface area contributed by atoms with Crippen molar-refractivity contribution >= 4 is 64.6 Å². The third kappa shape index (κ3) is 26.1. The minimum Gasteiger partial charge on any atom is -0.396 e. The summed E-state index contributed by atoms with van der Waals surface area (Å²) < 4.78 is 16.0. The Bertz CT molecular complexity index is 444. The molecule has 0 bridgehead atoms. The molecule has 0 saturated carbocycles. The molecule has 0 saturated heterocycles. The molecule has 32 heavy (non-hydrogen) atoms. The molecule has 9 atom stereocenters. The van der Waals surface area contributed by atoms with Gasteiger partial charge in [0.1, 0.15) is 6.29 Å². The minimum atomic E-state index is 0.169. The number of aliphatic hydroxyl groups excluding tert-OH is 1. The Hall–Kier alpha value is 1.50. The Morgan fingerprint density at radius 2 is 1.12 bits per heavy atom. The normalized spacial score (nSPS) is 17.2. The van der Waals surface area contributed by atoms with Gasteiger partial charge in [0, 0.05) is 60.3 Å². The molecule has 0 rings (SSSR count). The summed E-state index contributed by atoms with van der Waals surface area (Å²) in [5.41, 5.74) is 0. The van der Waals surface area contributed by atoms with Crippen LogP contribution in [0.2, 0.25) is 0 Å². The zero-order chi connectivity index (χ0) is 25.5. The van der Waals surface area contributed by atoms with Crippen LogP contribution in [-0.4, -0.2) is 57.8 Å². The number of hydrogen-bond acceptors (Lipinski definition) is 5. The highest BCUT2D eigenvalue weighted by Crippen LogP contribution is 2.25. The van der Waals surface area contributed by atoms with E-state index in [4.69, 9.17) is 18.7 Å². The lowest BCUT2D eigenvalue weighted by atomic mass is 9.98. The number of aliphatic hydroxyl groups is 1. The van der Waals surface area contributed by atoms with Gasteiger partial charge in [-0.25, -0.2) is 0 Å². The summed E-state index contributed by atoms with van der Waals surface area (Å²) in [6, 6.07) is 0. The maximum atomic E-state index is 10.3. The van der Waals surface area contributed by atoms with Gasteiger partial charge < -0.3 is 23.5 Å². The SMILES string of the molecule is COPC[C@H](C)[C@H](C)C=C(Br)Br.COPC[C@H](C)[C@H](C)C=O.COPC[C@H](C)[C@H](C)CO. The Kier molecular flexibility index (Phi) is 32.2. The summed E-state index contributed by atoms with van der Waals surface area (Å²) in [5, 5.41) is 8.77. The molecule has 0 aromatic heterocycles. The number of allylic oxidation sites excluding steroid dienone is 1. The average Bonchev–Trinajstić information content (AvgIpc) is 2.78. The van der Waals surface area contributed by atoms with Crippen LogP contribution in [0.5, 0.6) is 0 Å². The van der Waals surface area contributed by atoms with Crippen LogP contribution in [-0.2, 0) is 18.4 Å². The van der Waals surface area contributed by atoms with Gasteiger partial charge in [-0.2, -0.15) is 0 Å². The summed E-state index contributed by atoms with van der Waals surface area (Å²) in [6.07, 6.45) is 6.38. The molecule has 0 aromatic carbocycles. The van der Waals surface area contributed by atoms with Gasteiger partial charge >= 0.3 is 0 Å². The van der Waals surface area contributed by atoms with Crippen molar-refractivity contribution in [3.8, 4) is 0 Å². The van der Waals surface area contributed by atoms with E-state index in [-0.39, 0.29) is 12.5 Å². The predicted molar refractivity (Wildman–Crippen MR) is 155 cm³/mol. The van der Waals surface area contributed by atoms with Gasteiger partial charge in [-0.3, -0.25) is 0 Å². The highest BCUT2D eigenvalue weighted by molar-refractivity contribution is 9.28. The first kappa shape index (κ1) is 38.0. The van der Waals surface area contributed by atoms with Gasteiger partial charge in [0.05, 0.1) is 3.39 Å². The average molecular weight is 644 g/mol. The van der Waals surface area contributed by atoms with Crippen LogP contribution in [0.15, 0.2) is 9.47 Å². The lowest BCUT2D eigenvalue weighted by molar-refractivity contribution is -0.111. The molecule has 0 aromatic rings. The molecule has 1 N–H and O–H groups in total. The molecule has 0 aliphatic heterocycles. The summed E-state index contributed by atoms with van der Waals surface area (Å²) in [5.74, 6) is 2.86. The number of halogens is 2. The van der Waals surface area contributed by atoms with Crippen LogP contribution in [0.1, 0.15) is 41.5 Å². The summed E-state index contributed by atoms with van der Waals surface area (Å²) in [6.45, 7) is 13.0. The van der Waals surface area contributed by atoms with Crippen molar-refractivity contribution in [2.75, 3.05) is 46.4 Å². The minimum absolute atomic E-state index is 0.169. The second-order valence-corrected chi connectivity index (χ2v) is 14.1. The van der Waals surface area contributed by atoms with Crippen LogP contribution >= 0.6 is 58.3 Å². The third-order valence-electron chi connectivity index (χ3n) is 5.31. The van der Waals surface area contributed by atoms with Gasteiger partial charge in [-0.05, 0) is 79.9 Å². The fraction of sp³-hybridized carbons (Fsp3) is 0.864. The summed E-state index contributed by atoms with van der Waals surface area (Å²) in [4.78, 5) is 10.3. The van der Waals surface area contributed by atoms with E-state index in [0.29, 0.717) is 56.0 Å². The number of rotatable bonds is 15. The van der Waals surface area contributed by atoms with Crippen LogP contribution in [0.4, 0.5) is 0 Å². The van der Waals surface area contributed by atoms with E-state index in [0.717, 1.165) is 28.2 Å². The number of carbonyl (C=O) groups excluding carboxylic acids is 1. The predicted octanol–water partition coefficient (Wildman–Crippen LogP) is 7.32. The van der Waals surface area contributed by atoms with E-state index in [1.807, 2.05) is 6.92 Å². The maximum Gasteiger partial charge on any atom is 0.123 e. The molecule has 0 aliphatic carbocycles. The monoisotopic (exact) mass is 642 g/mol.